The minimum Gasteiger partial charge on any atom is -0.375 e. The fourth-order valence-electron chi connectivity index (χ4n) is 2.59. The average Bonchev–Trinajstić information content (AvgIpc) is 2.53. The Labute approximate surface area is 90.5 Å². The number of hydrogen-bond donors (Lipinski definition) is 1. The second-order valence-corrected chi connectivity index (χ2v) is 4.63. The standard InChI is InChI=1S/C14H15N/c1-10-6-5-8-12-11-7-3-4-9-13(11)15-14(10,12)2/h3-10,15H,1-2H3. The van der Waals surface area contributed by atoms with Crippen molar-refractivity contribution >= 4 is 11.3 Å². The van der Waals surface area contributed by atoms with Crippen LogP contribution < -0.4 is 5.32 Å². The van der Waals surface area contributed by atoms with Gasteiger partial charge in [-0.25, -0.2) is 0 Å². The molecule has 1 aliphatic heterocycles. The lowest BCUT2D eigenvalue weighted by Crippen LogP contribution is -2.38. The number of hydrogen-bond acceptors (Lipinski definition) is 1. The lowest BCUT2D eigenvalue weighted by molar-refractivity contribution is 0.519. The molecule has 2 atom stereocenters. The molecule has 0 saturated carbocycles. The van der Waals surface area contributed by atoms with Crippen LogP contribution in [0.2, 0.25) is 0 Å². The van der Waals surface area contributed by atoms with E-state index < -0.39 is 0 Å². The first-order chi connectivity index (χ1) is 7.22. The summed E-state index contributed by atoms with van der Waals surface area (Å²) >= 11 is 0. The number of para-hydroxylation sites is 1. The zero-order valence-electron chi connectivity index (χ0n) is 9.12. The lowest BCUT2D eigenvalue weighted by Gasteiger charge is -2.34. The molecule has 76 valence electrons. The van der Waals surface area contributed by atoms with Gasteiger partial charge in [0.2, 0.25) is 0 Å². The van der Waals surface area contributed by atoms with Crippen molar-refractivity contribution in [2.45, 2.75) is 19.4 Å². The zero-order valence-corrected chi connectivity index (χ0v) is 9.12. The Balaban J connectivity index is 2.22. The minimum absolute atomic E-state index is 0.0818. The molecule has 0 radical (unpaired) electrons. The number of nitrogens with one attached hydrogen (secondary N) is 1. The number of allylic oxidation sites excluding steroid dienone is 2. The summed E-state index contributed by atoms with van der Waals surface area (Å²) in [6.45, 7) is 4.55. The van der Waals surface area contributed by atoms with E-state index in [4.69, 9.17) is 0 Å². The highest BCUT2D eigenvalue weighted by molar-refractivity contribution is 5.91. The molecule has 1 N–H and O–H groups in total. The summed E-state index contributed by atoms with van der Waals surface area (Å²) in [6, 6.07) is 8.55. The van der Waals surface area contributed by atoms with Crippen LogP contribution in [0.3, 0.4) is 0 Å². The molecule has 0 saturated heterocycles. The van der Waals surface area contributed by atoms with Gasteiger partial charge in [0.15, 0.2) is 0 Å². The molecule has 1 heteroatoms. The average molecular weight is 197 g/mol. The molecule has 0 aromatic heterocycles. The molecule has 0 spiro atoms. The highest BCUT2D eigenvalue weighted by atomic mass is 15.0. The van der Waals surface area contributed by atoms with Gasteiger partial charge >= 0.3 is 0 Å². The van der Waals surface area contributed by atoms with E-state index in [9.17, 15) is 0 Å². The van der Waals surface area contributed by atoms with Crippen LogP contribution in [0.25, 0.3) is 5.57 Å². The molecule has 1 aromatic rings. The third kappa shape index (κ3) is 1.03. The molecule has 1 nitrogen and oxygen atoms in total. The Bertz CT molecular complexity index is 470. The second-order valence-electron chi connectivity index (χ2n) is 4.63. The van der Waals surface area contributed by atoms with Gasteiger partial charge in [0.05, 0.1) is 5.54 Å². The van der Waals surface area contributed by atoms with Crippen LogP contribution in [0.5, 0.6) is 0 Å². The summed E-state index contributed by atoms with van der Waals surface area (Å²) in [4.78, 5) is 0. The van der Waals surface area contributed by atoms with Crippen molar-refractivity contribution in [3.63, 3.8) is 0 Å². The van der Waals surface area contributed by atoms with E-state index in [-0.39, 0.29) is 5.54 Å². The molecule has 1 aromatic carbocycles. The van der Waals surface area contributed by atoms with Crippen molar-refractivity contribution in [2.75, 3.05) is 5.32 Å². The maximum Gasteiger partial charge on any atom is 0.0663 e. The first-order valence-corrected chi connectivity index (χ1v) is 5.48. The predicted molar refractivity (Wildman–Crippen MR) is 64.8 cm³/mol. The quantitative estimate of drug-likeness (QED) is 0.671. The first kappa shape index (κ1) is 8.78. The summed E-state index contributed by atoms with van der Waals surface area (Å²) in [5, 5.41) is 3.64. The Hall–Kier alpha value is -1.50. The van der Waals surface area contributed by atoms with Crippen molar-refractivity contribution in [3.05, 3.63) is 48.1 Å². The highest BCUT2D eigenvalue weighted by Gasteiger charge is 2.41. The zero-order chi connectivity index (χ0) is 10.5. The van der Waals surface area contributed by atoms with Crippen molar-refractivity contribution in [3.8, 4) is 0 Å². The maximum atomic E-state index is 3.64. The third-order valence-electron chi connectivity index (χ3n) is 3.74. The van der Waals surface area contributed by atoms with Gasteiger partial charge in [-0.1, -0.05) is 43.4 Å². The van der Waals surface area contributed by atoms with E-state index in [0.717, 1.165) is 0 Å². The van der Waals surface area contributed by atoms with E-state index in [2.05, 4.69) is 61.7 Å². The van der Waals surface area contributed by atoms with Gasteiger partial charge in [-0.15, -0.1) is 0 Å². The maximum absolute atomic E-state index is 3.64. The number of fused-ring (bicyclic) bond motifs is 3. The molecule has 3 rings (SSSR count). The van der Waals surface area contributed by atoms with Gasteiger partial charge in [-0.2, -0.15) is 0 Å². The van der Waals surface area contributed by atoms with E-state index in [0.29, 0.717) is 5.92 Å². The van der Waals surface area contributed by atoms with Gasteiger partial charge < -0.3 is 5.32 Å². The van der Waals surface area contributed by atoms with E-state index in [1.54, 1.807) is 0 Å². The monoisotopic (exact) mass is 197 g/mol. The van der Waals surface area contributed by atoms with Crippen LogP contribution in [0.1, 0.15) is 19.4 Å². The Morgan fingerprint density at radius 1 is 1.27 bits per heavy atom. The summed E-state index contributed by atoms with van der Waals surface area (Å²) in [6.07, 6.45) is 6.67. The molecule has 15 heavy (non-hydrogen) atoms. The third-order valence-corrected chi connectivity index (χ3v) is 3.74. The molecule has 2 unspecified atom stereocenters. The largest absolute Gasteiger partial charge is 0.375 e. The SMILES string of the molecule is CC1C=CC=C2c3ccccc3NC21C. The van der Waals surface area contributed by atoms with Crippen molar-refractivity contribution in [1.82, 2.24) is 0 Å². The summed E-state index contributed by atoms with van der Waals surface area (Å²) in [7, 11) is 0. The van der Waals surface area contributed by atoms with E-state index >= 15 is 0 Å². The summed E-state index contributed by atoms with van der Waals surface area (Å²) in [5.74, 6) is 0.532. The topological polar surface area (TPSA) is 12.0 Å². The molecular formula is C14H15N. The van der Waals surface area contributed by atoms with Crippen LogP contribution in [-0.4, -0.2) is 5.54 Å². The van der Waals surface area contributed by atoms with Crippen LogP contribution in [0.15, 0.2) is 42.5 Å². The van der Waals surface area contributed by atoms with Gasteiger partial charge in [0, 0.05) is 17.2 Å². The molecular weight excluding hydrogens is 182 g/mol. The van der Waals surface area contributed by atoms with Gasteiger partial charge in [0.25, 0.3) is 0 Å². The van der Waals surface area contributed by atoms with Gasteiger partial charge in [-0.3, -0.25) is 0 Å². The predicted octanol–water partition coefficient (Wildman–Crippen LogP) is 3.46. The summed E-state index contributed by atoms with van der Waals surface area (Å²) < 4.78 is 0. The summed E-state index contributed by atoms with van der Waals surface area (Å²) in [5.41, 5.74) is 4.13. The normalized spacial score (nSPS) is 31.6. The molecule has 0 bridgehead atoms. The molecule has 2 aliphatic rings. The van der Waals surface area contributed by atoms with Crippen molar-refractivity contribution in [2.24, 2.45) is 5.92 Å². The molecule has 1 heterocycles. The van der Waals surface area contributed by atoms with Crippen LogP contribution in [0.4, 0.5) is 5.69 Å². The fourth-order valence-corrected chi connectivity index (χ4v) is 2.59. The van der Waals surface area contributed by atoms with Crippen molar-refractivity contribution in [1.29, 1.82) is 0 Å². The first-order valence-electron chi connectivity index (χ1n) is 5.48. The van der Waals surface area contributed by atoms with E-state index in [1.807, 2.05) is 0 Å². The van der Waals surface area contributed by atoms with Crippen LogP contribution in [-0.2, 0) is 0 Å². The molecule has 0 amide bonds. The minimum atomic E-state index is 0.0818. The van der Waals surface area contributed by atoms with Crippen molar-refractivity contribution < 1.29 is 0 Å². The highest BCUT2D eigenvalue weighted by Crippen LogP contribution is 2.47. The number of anilines is 1. The Morgan fingerprint density at radius 3 is 2.93 bits per heavy atom. The Kier molecular flexibility index (Phi) is 1.61. The van der Waals surface area contributed by atoms with Gasteiger partial charge in [0.1, 0.15) is 0 Å². The smallest absolute Gasteiger partial charge is 0.0663 e. The number of benzene rings is 1. The second kappa shape index (κ2) is 2.75. The van der Waals surface area contributed by atoms with Crippen LogP contribution in [0, 0.1) is 5.92 Å². The fraction of sp³-hybridized carbons (Fsp3) is 0.286. The van der Waals surface area contributed by atoms with Crippen LogP contribution >= 0.6 is 0 Å². The lowest BCUT2D eigenvalue weighted by atomic mass is 9.77. The Morgan fingerprint density at radius 2 is 2.07 bits per heavy atom. The van der Waals surface area contributed by atoms with E-state index in [1.165, 1.54) is 16.8 Å². The number of rotatable bonds is 0. The molecule has 1 aliphatic carbocycles. The molecule has 0 fully saturated rings. The van der Waals surface area contributed by atoms with Gasteiger partial charge in [-0.05, 0) is 18.6 Å².